The lowest BCUT2D eigenvalue weighted by molar-refractivity contribution is -0.167. The largest absolute Gasteiger partial charge is 0.390 e. The first-order valence-corrected chi connectivity index (χ1v) is 32.5. The number of rotatable bonds is 18. The van der Waals surface area contributed by atoms with Gasteiger partial charge in [-0.3, -0.25) is 52.7 Å². The van der Waals surface area contributed by atoms with Crippen LogP contribution in [-0.2, 0) is 57.5 Å². The number of likely N-dealkylation sites (N-methyl/N-ethyl adjacent to an activating group) is 7. The average molecular weight is 1260 g/mol. The predicted octanol–water partition coefficient (Wildman–Crippen LogP) is 5.84. The van der Waals surface area contributed by atoms with Crippen LogP contribution in [0.1, 0.15) is 175 Å². The number of ketones is 3. The minimum absolute atomic E-state index is 0.0399. The zero-order chi connectivity index (χ0) is 69.0. The van der Waals surface area contributed by atoms with Crippen molar-refractivity contribution in [1.29, 1.82) is 0 Å². The number of amides is 8. The minimum Gasteiger partial charge on any atom is -0.390 e. The Balaban J connectivity index is 4.48. The number of nitrogens with zero attached hydrogens (tertiary/aromatic N) is 7. The Labute approximate surface area is 534 Å². The Morgan fingerprint density at radius 3 is 1.36 bits per heavy atom. The molecule has 89 heavy (non-hydrogen) atoms. The maximum absolute atomic E-state index is 15.3. The molecule has 22 heteroatoms. The predicted molar refractivity (Wildman–Crippen MR) is 346 cm³/mol. The van der Waals surface area contributed by atoms with Gasteiger partial charge in [0.1, 0.15) is 36.0 Å². The van der Waals surface area contributed by atoms with Gasteiger partial charge < -0.3 is 55.2 Å². The van der Waals surface area contributed by atoms with Crippen molar-refractivity contribution in [2.45, 2.75) is 230 Å². The van der Waals surface area contributed by atoms with Crippen molar-refractivity contribution in [3.8, 4) is 0 Å². The van der Waals surface area contributed by atoms with Crippen LogP contribution >= 0.6 is 0 Å². The summed E-state index contributed by atoms with van der Waals surface area (Å²) >= 11 is 0. The van der Waals surface area contributed by atoms with Crippen LogP contribution < -0.4 is 11.1 Å². The molecule has 13 atom stereocenters. The number of hydrogen-bond acceptors (Lipinski definition) is 14. The standard InChI is InChI=1S/C67H119N9O13/c1-25-27-28-44(15)58(80)57-59(81)69-48(26-2)62(84)76(24)67(89-30-29-68)66(88)71(19)50(32-39(5)6)55(79)37-47(42(11)12)61(83)70(18)49(31-38(3)4)54(78)35-45(16)53(77)36-46(17)60(82)72(20)51(33-40(7)8)63(85)73(21)52(34-41(9)10)64(86)74(22)56(43(13)14)65(87)75(57)23/h25,27,38-52,56-58,67,80H,26,28-37,68H2,1-24H3,(H,69,81)/b27-25+/t44-,45-,46+,47+,48+,49+,50+,51+,52+,56+,57+,58-,67-/m1/s1. The third kappa shape index (κ3) is 22.9. The molecule has 0 bridgehead atoms. The summed E-state index contributed by atoms with van der Waals surface area (Å²) in [5.41, 5.74) is 5.90. The number of nitrogens with one attached hydrogen (secondary N) is 1. The van der Waals surface area contributed by atoms with Gasteiger partial charge in [-0.25, -0.2) is 0 Å². The summed E-state index contributed by atoms with van der Waals surface area (Å²) < 4.78 is 6.02. The molecule has 1 fully saturated rings. The Bertz CT molecular complexity index is 2410. The highest BCUT2D eigenvalue weighted by Crippen LogP contribution is 2.29. The number of Topliss-reactive ketones (excluding diaryl/α,β-unsaturated/α-hetero) is 3. The molecular weight excluding hydrogens is 1140 g/mol. The van der Waals surface area contributed by atoms with Gasteiger partial charge in [-0.05, 0) is 86.9 Å². The second-order valence-corrected chi connectivity index (χ2v) is 27.8. The molecule has 4 N–H and O–H groups in total. The molecule has 0 aromatic carbocycles. The van der Waals surface area contributed by atoms with E-state index in [2.05, 4.69) is 5.32 Å². The Kier molecular flexibility index (Phi) is 34.4. The number of carbonyl (C=O) groups is 11. The van der Waals surface area contributed by atoms with E-state index in [1.165, 1.54) is 73.8 Å². The van der Waals surface area contributed by atoms with E-state index >= 15 is 19.2 Å². The quantitative estimate of drug-likeness (QED) is 0.136. The van der Waals surface area contributed by atoms with Crippen LogP contribution in [0, 0.1) is 59.2 Å². The van der Waals surface area contributed by atoms with Crippen molar-refractivity contribution in [1.82, 2.24) is 39.6 Å². The van der Waals surface area contributed by atoms with E-state index in [0.29, 0.717) is 6.42 Å². The van der Waals surface area contributed by atoms with E-state index in [4.69, 9.17) is 10.5 Å². The summed E-state index contributed by atoms with van der Waals surface area (Å²) in [6.45, 7) is 30.2. The maximum atomic E-state index is 15.3. The van der Waals surface area contributed by atoms with E-state index < -0.39 is 143 Å². The molecule has 22 nitrogen and oxygen atoms in total. The monoisotopic (exact) mass is 1260 g/mol. The fourth-order valence-electron chi connectivity index (χ4n) is 11.8. The summed E-state index contributed by atoms with van der Waals surface area (Å²) in [7, 11) is 10.0. The molecule has 0 saturated carbocycles. The number of aliphatic hydroxyl groups excluding tert-OH is 1. The molecule has 0 radical (unpaired) electrons. The molecule has 0 unspecified atom stereocenters. The molecule has 1 heterocycles. The molecule has 0 aromatic heterocycles. The summed E-state index contributed by atoms with van der Waals surface area (Å²) in [5.74, 6) is -11.5. The van der Waals surface area contributed by atoms with Crippen LogP contribution in [0.2, 0.25) is 0 Å². The van der Waals surface area contributed by atoms with E-state index in [1.807, 2.05) is 55.4 Å². The molecular formula is C67H119N9O13. The van der Waals surface area contributed by atoms with Crippen LogP contribution in [0.25, 0.3) is 0 Å². The molecule has 510 valence electrons. The third-order valence-corrected chi connectivity index (χ3v) is 17.5. The van der Waals surface area contributed by atoms with Gasteiger partial charge in [0, 0.05) is 92.9 Å². The Morgan fingerprint density at radius 2 is 0.921 bits per heavy atom. The van der Waals surface area contributed by atoms with Crippen molar-refractivity contribution in [2.75, 3.05) is 62.5 Å². The lowest BCUT2D eigenvalue weighted by Crippen LogP contribution is -2.64. The molecule has 1 aliphatic heterocycles. The zero-order valence-electron chi connectivity index (χ0n) is 59.0. The Morgan fingerprint density at radius 1 is 0.506 bits per heavy atom. The SMILES string of the molecule is C/C=C/C[C@@H](C)[C@@H](O)[C@H]1C(=O)N[C@@H](CC)C(=O)N(C)[C@H](OCCN)C(=O)N(C)[C@@H](CC(C)C)C(=O)C[C@@H](C(C)C)C(=O)N(C)[C@@H](CC(C)C)C(=O)C[C@@H](C)C(=O)C[C@H](C)C(=O)N(C)[C@@H](CC(C)C)C(=O)N(C)[C@@H](CC(C)C)C(=O)N(C)[C@@H](C(C)C)C(=O)N1C. The molecule has 1 aliphatic rings. The first-order chi connectivity index (χ1) is 41.2. The number of nitrogens with two attached hydrogens (primary N) is 1. The third-order valence-electron chi connectivity index (χ3n) is 17.5. The van der Waals surface area contributed by atoms with Gasteiger partial charge in [0.25, 0.3) is 5.91 Å². The summed E-state index contributed by atoms with van der Waals surface area (Å²) in [6.07, 6.45) is 0.547. The van der Waals surface area contributed by atoms with Crippen LogP contribution in [0.3, 0.4) is 0 Å². The topological polar surface area (TPSA) is 278 Å². The van der Waals surface area contributed by atoms with Gasteiger partial charge in [0.15, 0.2) is 11.6 Å². The van der Waals surface area contributed by atoms with Gasteiger partial charge in [-0.1, -0.05) is 123 Å². The molecule has 1 rings (SSSR count). The van der Waals surface area contributed by atoms with Crippen molar-refractivity contribution in [2.24, 2.45) is 64.9 Å². The van der Waals surface area contributed by atoms with Gasteiger partial charge in [0.05, 0.1) is 24.8 Å². The van der Waals surface area contributed by atoms with E-state index in [9.17, 15) is 38.7 Å². The number of ether oxygens (including phenoxy) is 1. The number of hydrogen-bond donors (Lipinski definition) is 3. The maximum Gasteiger partial charge on any atom is 0.273 e. The second-order valence-electron chi connectivity index (χ2n) is 27.8. The Hall–Kier alpha value is -5.61. The zero-order valence-corrected chi connectivity index (χ0v) is 59.0. The lowest BCUT2D eigenvalue weighted by atomic mass is 9.84. The first kappa shape index (κ1) is 81.4. The van der Waals surface area contributed by atoms with Crippen molar-refractivity contribution < 1.29 is 62.6 Å². The number of allylic oxidation sites excluding steroid dienone is 2. The average Bonchev–Trinajstić information content (AvgIpc) is 2.43. The number of carbonyl (C=O) groups excluding carboxylic acids is 11. The van der Waals surface area contributed by atoms with E-state index in [1.54, 1.807) is 74.5 Å². The van der Waals surface area contributed by atoms with E-state index in [-0.39, 0.29) is 99.8 Å². The van der Waals surface area contributed by atoms with E-state index in [0.717, 1.165) is 9.80 Å². The summed E-state index contributed by atoms with van der Waals surface area (Å²) in [5, 5.41) is 15.0. The molecule has 8 amide bonds. The van der Waals surface area contributed by atoms with Gasteiger partial charge >= 0.3 is 0 Å². The smallest absolute Gasteiger partial charge is 0.273 e. The fraction of sp³-hybridized carbons (Fsp3) is 0.806. The highest BCUT2D eigenvalue weighted by molar-refractivity contribution is 5.99. The van der Waals surface area contributed by atoms with Gasteiger partial charge in [-0.2, -0.15) is 0 Å². The first-order valence-electron chi connectivity index (χ1n) is 32.5. The summed E-state index contributed by atoms with van der Waals surface area (Å²) in [4.78, 5) is 172. The number of aliphatic hydroxyl groups is 1. The normalized spacial score (nSPS) is 27.3. The van der Waals surface area contributed by atoms with Gasteiger partial charge in [-0.15, -0.1) is 0 Å². The van der Waals surface area contributed by atoms with Crippen molar-refractivity contribution in [3.05, 3.63) is 12.2 Å². The lowest BCUT2D eigenvalue weighted by Gasteiger charge is -2.41. The van der Waals surface area contributed by atoms with Crippen LogP contribution in [0.5, 0.6) is 0 Å². The van der Waals surface area contributed by atoms with Crippen molar-refractivity contribution >= 4 is 64.6 Å². The van der Waals surface area contributed by atoms with Crippen LogP contribution in [0.4, 0.5) is 0 Å². The molecule has 1 saturated heterocycles. The minimum atomic E-state index is -1.68. The molecule has 0 aliphatic carbocycles. The van der Waals surface area contributed by atoms with Gasteiger partial charge in [0.2, 0.25) is 47.6 Å². The highest BCUT2D eigenvalue weighted by atomic mass is 16.5. The molecule has 0 spiro atoms. The molecule has 0 aromatic rings. The highest BCUT2D eigenvalue weighted by Gasteiger charge is 2.46. The van der Waals surface area contributed by atoms with Crippen LogP contribution in [-0.4, -0.2) is 221 Å². The fourth-order valence-corrected chi connectivity index (χ4v) is 11.8. The second kappa shape index (κ2) is 37.7. The van der Waals surface area contributed by atoms with Crippen LogP contribution in [0.15, 0.2) is 12.2 Å². The van der Waals surface area contributed by atoms with Crippen molar-refractivity contribution in [3.63, 3.8) is 0 Å². The summed E-state index contributed by atoms with van der Waals surface area (Å²) in [6, 6.07) is -8.65.